The van der Waals surface area contributed by atoms with Gasteiger partial charge in [0.15, 0.2) is 0 Å². The second kappa shape index (κ2) is 11.5. The van der Waals surface area contributed by atoms with Gasteiger partial charge in [0.1, 0.15) is 0 Å². The fourth-order valence-corrected chi connectivity index (χ4v) is 6.45. The summed E-state index contributed by atoms with van der Waals surface area (Å²) in [6.45, 7) is 1.26. The van der Waals surface area contributed by atoms with Gasteiger partial charge in [-0.25, -0.2) is 0 Å². The molecule has 2 aromatic carbocycles. The topological polar surface area (TPSA) is 91.2 Å². The lowest BCUT2D eigenvalue weighted by Gasteiger charge is -2.38. The third-order valence-electron chi connectivity index (χ3n) is 8.21. The largest absolute Gasteiger partial charge is 0.368 e. The van der Waals surface area contributed by atoms with Crippen LogP contribution < -0.4 is 11.1 Å². The first-order valence-corrected chi connectivity index (χ1v) is 14.0. The van der Waals surface area contributed by atoms with Crippen LogP contribution in [0.2, 0.25) is 10.0 Å². The molecule has 0 spiro atoms. The number of fused-ring (bicyclic) bond motifs is 1. The van der Waals surface area contributed by atoms with Crippen molar-refractivity contribution in [3.63, 3.8) is 0 Å². The van der Waals surface area contributed by atoms with E-state index in [1.807, 2.05) is 11.0 Å². The molecule has 196 valence electrons. The van der Waals surface area contributed by atoms with Crippen molar-refractivity contribution in [2.24, 2.45) is 11.7 Å². The van der Waals surface area contributed by atoms with Gasteiger partial charge in [0.05, 0.1) is 22.5 Å². The minimum absolute atomic E-state index is 0.0658. The van der Waals surface area contributed by atoms with Crippen molar-refractivity contribution in [1.29, 1.82) is 0 Å². The first-order chi connectivity index (χ1) is 17.9. The Labute approximate surface area is 227 Å². The van der Waals surface area contributed by atoms with E-state index in [0.29, 0.717) is 35.5 Å². The molecule has 2 aliphatic rings. The Morgan fingerprint density at radius 2 is 1.73 bits per heavy atom. The average Bonchev–Trinajstić information content (AvgIpc) is 3.34. The molecule has 1 atom stereocenters. The molecule has 2 fully saturated rings. The number of nitrogens with zero attached hydrogens (tertiary/aromatic N) is 1. The SMILES string of the molecule is NC(=O)C(NC1CCC(c2c[nH]c3ccccc23)CC1)C1CCN(C(=O)Cc2ccc(Cl)c(Cl)c2)CC1. The van der Waals surface area contributed by atoms with E-state index in [-0.39, 0.29) is 29.8 Å². The maximum atomic E-state index is 12.8. The van der Waals surface area contributed by atoms with Crippen LogP contribution in [-0.4, -0.2) is 46.9 Å². The van der Waals surface area contributed by atoms with Crippen LogP contribution in [0.4, 0.5) is 0 Å². The summed E-state index contributed by atoms with van der Waals surface area (Å²) >= 11 is 12.1. The summed E-state index contributed by atoms with van der Waals surface area (Å²) in [6, 6.07) is 13.7. The van der Waals surface area contributed by atoms with Crippen molar-refractivity contribution in [1.82, 2.24) is 15.2 Å². The summed E-state index contributed by atoms with van der Waals surface area (Å²) in [4.78, 5) is 30.6. The number of likely N-dealkylation sites (tertiary alicyclic amines) is 1. The number of amides is 2. The second-order valence-electron chi connectivity index (χ2n) is 10.5. The number of carbonyl (C=O) groups excluding carboxylic acids is 2. The van der Waals surface area contributed by atoms with Crippen molar-refractivity contribution >= 4 is 45.9 Å². The molecule has 1 aliphatic carbocycles. The van der Waals surface area contributed by atoms with Crippen LogP contribution in [0.15, 0.2) is 48.7 Å². The lowest BCUT2D eigenvalue weighted by atomic mass is 9.80. The van der Waals surface area contributed by atoms with Gasteiger partial charge in [0, 0.05) is 36.2 Å². The second-order valence-corrected chi connectivity index (χ2v) is 11.3. The predicted molar refractivity (Wildman–Crippen MR) is 149 cm³/mol. The summed E-state index contributed by atoms with van der Waals surface area (Å²) in [5.74, 6) is 0.444. The van der Waals surface area contributed by atoms with Gasteiger partial charge in [-0.3, -0.25) is 9.59 Å². The number of hydrogen-bond donors (Lipinski definition) is 3. The third kappa shape index (κ3) is 5.97. The number of nitrogens with one attached hydrogen (secondary N) is 2. The highest BCUT2D eigenvalue weighted by molar-refractivity contribution is 6.42. The Bertz CT molecular complexity index is 1260. The predicted octanol–water partition coefficient (Wildman–Crippen LogP) is 5.43. The Balaban J connectivity index is 1.12. The highest BCUT2D eigenvalue weighted by Gasteiger charge is 2.34. The quantitative estimate of drug-likeness (QED) is 0.373. The number of H-pyrrole nitrogens is 1. The van der Waals surface area contributed by atoms with Crippen molar-refractivity contribution < 1.29 is 9.59 Å². The molecule has 8 heteroatoms. The molecule has 37 heavy (non-hydrogen) atoms. The Kier molecular flexibility index (Phi) is 8.08. The molecule has 0 bridgehead atoms. The molecule has 5 rings (SSSR count). The van der Waals surface area contributed by atoms with Gasteiger partial charge in [-0.05, 0) is 79.7 Å². The smallest absolute Gasteiger partial charge is 0.234 e. The molecule has 1 saturated heterocycles. The van der Waals surface area contributed by atoms with Crippen molar-refractivity contribution in [2.75, 3.05) is 13.1 Å². The van der Waals surface area contributed by atoms with E-state index in [4.69, 9.17) is 28.9 Å². The molecule has 1 aromatic heterocycles. The van der Waals surface area contributed by atoms with Gasteiger partial charge in [0.25, 0.3) is 0 Å². The lowest BCUT2D eigenvalue weighted by molar-refractivity contribution is -0.132. The first-order valence-electron chi connectivity index (χ1n) is 13.2. The van der Waals surface area contributed by atoms with E-state index in [9.17, 15) is 9.59 Å². The Hall–Kier alpha value is -2.54. The zero-order chi connectivity index (χ0) is 25.9. The molecule has 2 amide bonds. The molecule has 0 radical (unpaired) electrons. The highest BCUT2D eigenvalue weighted by Crippen LogP contribution is 2.37. The van der Waals surface area contributed by atoms with Gasteiger partial charge in [-0.2, -0.15) is 0 Å². The number of nitrogens with two attached hydrogens (primary N) is 1. The fourth-order valence-electron chi connectivity index (χ4n) is 6.13. The minimum atomic E-state index is -0.359. The van der Waals surface area contributed by atoms with Crippen LogP contribution in [-0.2, 0) is 16.0 Å². The van der Waals surface area contributed by atoms with E-state index < -0.39 is 0 Å². The molecule has 1 aliphatic heterocycles. The first kappa shape index (κ1) is 26.1. The molecular formula is C29H34Cl2N4O2. The normalized spacial score (nSPS) is 21.7. The third-order valence-corrected chi connectivity index (χ3v) is 8.95. The Morgan fingerprint density at radius 3 is 2.43 bits per heavy atom. The fraction of sp³-hybridized carbons (Fsp3) is 0.448. The molecule has 2 heterocycles. The number of primary amides is 1. The van der Waals surface area contributed by atoms with Crippen LogP contribution in [0, 0.1) is 5.92 Å². The van der Waals surface area contributed by atoms with Crippen molar-refractivity contribution in [3.05, 3.63) is 69.8 Å². The summed E-state index contributed by atoms with van der Waals surface area (Å²) in [6.07, 6.45) is 8.20. The van der Waals surface area contributed by atoms with Gasteiger partial charge >= 0.3 is 0 Å². The highest BCUT2D eigenvalue weighted by atomic mass is 35.5. The van der Waals surface area contributed by atoms with Crippen molar-refractivity contribution in [3.8, 4) is 0 Å². The molecule has 3 aromatic rings. The molecule has 6 nitrogen and oxygen atoms in total. The summed E-state index contributed by atoms with van der Waals surface area (Å²) in [7, 11) is 0. The van der Waals surface area contributed by atoms with Crippen LogP contribution in [0.5, 0.6) is 0 Å². The molecular weight excluding hydrogens is 507 g/mol. The molecule has 4 N–H and O–H groups in total. The summed E-state index contributed by atoms with van der Waals surface area (Å²) in [5.41, 5.74) is 9.30. The number of carbonyl (C=O) groups is 2. The number of para-hydroxylation sites is 1. The van der Waals surface area contributed by atoms with Crippen molar-refractivity contribution in [2.45, 2.75) is 62.9 Å². The number of benzene rings is 2. The number of halogens is 2. The van der Waals surface area contributed by atoms with Gasteiger partial charge in [-0.15, -0.1) is 0 Å². The van der Waals surface area contributed by atoms with E-state index in [0.717, 1.165) is 44.1 Å². The average molecular weight is 542 g/mol. The summed E-state index contributed by atoms with van der Waals surface area (Å²) < 4.78 is 0. The van der Waals surface area contributed by atoms with E-state index in [1.54, 1.807) is 12.1 Å². The number of aromatic nitrogens is 1. The maximum Gasteiger partial charge on any atom is 0.234 e. The number of hydrogen-bond acceptors (Lipinski definition) is 3. The van der Waals surface area contributed by atoms with Crippen LogP contribution >= 0.6 is 23.2 Å². The van der Waals surface area contributed by atoms with E-state index in [1.165, 1.54) is 16.5 Å². The van der Waals surface area contributed by atoms with E-state index >= 15 is 0 Å². The monoisotopic (exact) mass is 540 g/mol. The number of aromatic amines is 1. The standard InChI is InChI=1S/C29H34Cl2N4O2/c30-24-10-5-18(15-25(24)31)16-27(36)35-13-11-20(12-14-35)28(29(32)37)34-21-8-6-19(7-9-21)23-17-33-26-4-2-1-3-22(23)26/h1-5,10,15,17,19-21,28,33-34H,6-9,11-14,16H2,(H2,32,37). The van der Waals surface area contributed by atoms with Crippen LogP contribution in [0.3, 0.4) is 0 Å². The molecule has 1 unspecified atom stereocenters. The number of rotatable bonds is 7. The molecule has 1 saturated carbocycles. The van der Waals surface area contributed by atoms with Gasteiger partial charge < -0.3 is 20.9 Å². The van der Waals surface area contributed by atoms with Gasteiger partial charge in [-0.1, -0.05) is 47.5 Å². The Morgan fingerprint density at radius 1 is 1.00 bits per heavy atom. The minimum Gasteiger partial charge on any atom is -0.368 e. The van der Waals surface area contributed by atoms with Crippen LogP contribution in [0.1, 0.15) is 55.6 Å². The van der Waals surface area contributed by atoms with E-state index in [2.05, 4.69) is 40.8 Å². The number of piperidine rings is 1. The maximum absolute atomic E-state index is 12.8. The zero-order valence-corrected chi connectivity index (χ0v) is 22.4. The zero-order valence-electron chi connectivity index (χ0n) is 20.9. The lowest BCUT2D eigenvalue weighted by Crippen LogP contribution is -2.54. The summed E-state index contributed by atoms with van der Waals surface area (Å²) in [5, 5.41) is 5.86. The van der Waals surface area contributed by atoms with Crippen LogP contribution in [0.25, 0.3) is 10.9 Å². The van der Waals surface area contributed by atoms with Gasteiger partial charge in [0.2, 0.25) is 11.8 Å².